The number of aromatic nitrogens is 1. The van der Waals surface area contributed by atoms with Crippen LogP contribution in [-0.4, -0.2) is 22.2 Å². The van der Waals surface area contributed by atoms with Crippen LogP contribution in [0.2, 0.25) is 0 Å². The molecule has 0 aliphatic rings. The van der Waals surface area contributed by atoms with Crippen molar-refractivity contribution in [1.29, 1.82) is 10.5 Å². The fourth-order valence-corrected chi connectivity index (χ4v) is 3.76. The summed E-state index contributed by atoms with van der Waals surface area (Å²) in [6, 6.07) is 6.44. The highest BCUT2D eigenvalue weighted by atomic mass is 79.9. The SMILES string of the molecule is CCn1c(O)c(C#N)c(C)c(N=Nc2c(Br)cc(C(=O)OCC#N)cc2Br)c1=O. The largest absolute Gasteiger partial charge is 0.493 e. The number of halogens is 2. The van der Waals surface area contributed by atoms with Gasteiger partial charge in [0.25, 0.3) is 5.56 Å². The number of pyridine rings is 1. The van der Waals surface area contributed by atoms with Gasteiger partial charge in [0.2, 0.25) is 5.88 Å². The molecule has 0 unspecified atom stereocenters. The Morgan fingerprint density at radius 2 is 1.83 bits per heavy atom. The number of benzene rings is 1. The third-order valence-corrected chi connectivity index (χ3v) is 5.06. The summed E-state index contributed by atoms with van der Waals surface area (Å²) >= 11 is 6.56. The number of rotatable bonds is 5. The van der Waals surface area contributed by atoms with Crippen LogP contribution < -0.4 is 5.56 Å². The number of carbonyl (C=O) groups is 1. The van der Waals surface area contributed by atoms with E-state index >= 15 is 0 Å². The minimum absolute atomic E-state index is 0.0610. The molecule has 9 nitrogen and oxygen atoms in total. The maximum Gasteiger partial charge on any atom is 0.339 e. The van der Waals surface area contributed by atoms with Gasteiger partial charge in [-0.05, 0) is 57.8 Å². The van der Waals surface area contributed by atoms with Crippen LogP contribution >= 0.6 is 31.9 Å². The summed E-state index contributed by atoms with van der Waals surface area (Å²) in [5, 5.41) is 35.9. The maximum absolute atomic E-state index is 12.6. The van der Waals surface area contributed by atoms with E-state index in [2.05, 4.69) is 42.1 Å². The predicted molar refractivity (Wildman–Crippen MR) is 109 cm³/mol. The van der Waals surface area contributed by atoms with Crippen molar-refractivity contribution in [2.45, 2.75) is 20.4 Å². The molecule has 2 rings (SSSR count). The highest BCUT2D eigenvalue weighted by Gasteiger charge is 2.19. The molecule has 148 valence electrons. The van der Waals surface area contributed by atoms with Crippen molar-refractivity contribution >= 4 is 49.2 Å². The molecular weight excluding hydrogens is 510 g/mol. The first-order chi connectivity index (χ1) is 13.8. The van der Waals surface area contributed by atoms with Crippen molar-refractivity contribution in [1.82, 2.24) is 4.57 Å². The van der Waals surface area contributed by atoms with Crippen LogP contribution in [-0.2, 0) is 11.3 Å². The molecule has 0 saturated carbocycles. The van der Waals surface area contributed by atoms with Crippen LogP contribution in [0.25, 0.3) is 0 Å². The van der Waals surface area contributed by atoms with Gasteiger partial charge in [-0.1, -0.05) is 0 Å². The smallest absolute Gasteiger partial charge is 0.339 e. The fraction of sp³-hybridized carbons (Fsp3) is 0.222. The second kappa shape index (κ2) is 9.45. The van der Waals surface area contributed by atoms with Crippen LogP contribution in [0, 0.1) is 29.6 Å². The Labute approximate surface area is 182 Å². The van der Waals surface area contributed by atoms with Crippen LogP contribution in [0.3, 0.4) is 0 Å². The Balaban J connectivity index is 2.53. The highest BCUT2D eigenvalue weighted by molar-refractivity contribution is 9.11. The Morgan fingerprint density at radius 3 is 2.34 bits per heavy atom. The number of nitriles is 2. The first-order valence-electron chi connectivity index (χ1n) is 8.08. The molecule has 0 aliphatic carbocycles. The molecule has 0 saturated heterocycles. The quantitative estimate of drug-likeness (QED) is 0.456. The molecule has 0 aliphatic heterocycles. The van der Waals surface area contributed by atoms with Crippen LogP contribution in [0.5, 0.6) is 5.88 Å². The van der Waals surface area contributed by atoms with Crippen LogP contribution in [0.1, 0.15) is 28.4 Å². The summed E-state index contributed by atoms with van der Waals surface area (Å²) in [5.74, 6) is -1.10. The Bertz CT molecular complexity index is 1140. The number of carbonyl (C=O) groups excluding carboxylic acids is 1. The monoisotopic (exact) mass is 521 g/mol. The second-order valence-electron chi connectivity index (χ2n) is 5.56. The van der Waals surface area contributed by atoms with E-state index in [4.69, 9.17) is 10.00 Å². The summed E-state index contributed by atoms with van der Waals surface area (Å²) in [7, 11) is 0. The Hall–Kier alpha value is -3.02. The lowest BCUT2D eigenvalue weighted by atomic mass is 10.1. The third kappa shape index (κ3) is 4.53. The lowest BCUT2D eigenvalue weighted by Gasteiger charge is -2.11. The zero-order valence-electron chi connectivity index (χ0n) is 15.2. The number of nitrogens with zero attached hydrogens (tertiary/aromatic N) is 5. The molecule has 0 amide bonds. The molecule has 29 heavy (non-hydrogen) atoms. The van der Waals surface area contributed by atoms with Crippen molar-refractivity contribution in [3.8, 4) is 18.0 Å². The molecule has 1 aromatic carbocycles. The normalized spacial score (nSPS) is 10.6. The lowest BCUT2D eigenvalue weighted by molar-refractivity contribution is 0.0555. The molecule has 0 bridgehead atoms. The summed E-state index contributed by atoms with van der Waals surface area (Å²) in [6.07, 6.45) is 0. The van der Waals surface area contributed by atoms with Crippen molar-refractivity contribution in [2.75, 3.05) is 6.61 Å². The molecule has 0 atom stereocenters. The standard InChI is InChI=1S/C18H13Br2N5O4/c1-3-25-16(26)11(8-22)9(2)14(17(25)27)23-24-15-12(19)6-10(7-13(15)20)18(28)29-5-4-21/h6-7,26H,3,5H2,1-2H3. The van der Waals surface area contributed by atoms with Gasteiger partial charge in [0.05, 0.1) is 5.56 Å². The molecule has 0 spiro atoms. The second-order valence-corrected chi connectivity index (χ2v) is 7.26. The zero-order valence-corrected chi connectivity index (χ0v) is 18.4. The van der Waals surface area contributed by atoms with Crippen molar-refractivity contribution in [2.24, 2.45) is 10.2 Å². The topological polar surface area (TPSA) is 141 Å². The van der Waals surface area contributed by atoms with Crippen LogP contribution in [0.15, 0.2) is 36.1 Å². The minimum atomic E-state index is -0.685. The van der Waals surface area contributed by atoms with Gasteiger partial charge in [-0.3, -0.25) is 9.36 Å². The van der Waals surface area contributed by atoms with Crippen LogP contribution in [0.4, 0.5) is 11.4 Å². The number of esters is 1. The van der Waals surface area contributed by atoms with Gasteiger partial charge in [0, 0.05) is 21.1 Å². The van der Waals surface area contributed by atoms with E-state index in [9.17, 15) is 20.0 Å². The van der Waals surface area contributed by atoms with Gasteiger partial charge in [-0.15, -0.1) is 10.2 Å². The maximum atomic E-state index is 12.6. The molecule has 11 heteroatoms. The average molecular weight is 523 g/mol. The summed E-state index contributed by atoms with van der Waals surface area (Å²) in [6.45, 7) is 2.91. The Kier molecular flexibility index (Phi) is 7.26. The average Bonchev–Trinajstić information content (AvgIpc) is 2.68. The number of ether oxygens (including phenoxy) is 1. The van der Waals surface area contributed by atoms with E-state index in [-0.39, 0.29) is 41.2 Å². The summed E-state index contributed by atoms with van der Waals surface area (Å²) in [5.41, 5.74) is -0.0673. The van der Waals surface area contributed by atoms with Gasteiger partial charge < -0.3 is 9.84 Å². The number of azo groups is 1. The predicted octanol–water partition coefficient (Wildman–Crippen LogP) is 4.37. The molecule has 0 radical (unpaired) electrons. The number of hydrogen-bond donors (Lipinski definition) is 1. The number of hydrogen-bond acceptors (Lipinski definition) is 8. The van der Waals surface area contributed by atoms with Crippen molar-refractivity contribution in [3.63, 3.8) is 0 Å². The minimum Gasteiger partial charge on any atom is -0.493 e. The molecular formula is C18H13Br2N5O4. The summed E-state index contributed by atoms with van der Waals surface area (Å²) < 4.78 is 6.55. The van der Waals surface area contributed by atoms with Gasteiger partial charge in [-0.2, -0.15) is 10.5 Å². The van der Waals surface area contributed by atoms with Gasteiger partial charge in [-0.25, -0.2) is 4.79 Å². The Morgan fingerprint density at radius 1 is 1.24 bits per heavy atom. The van der Waals surface area contributed by atoms with E-state index in [1.165, 1.54) is 19.1 Å². The van der Waals surface area contributed by atoms with E-state index in [0.29, 0.717) is 8.95 Å². The van der Waals surface area contributed by atoms with E-state index in [1.54, 1.807) is 13.0 Å². The lowest BCUT2D eigenvalue weighted by Crippen LogP contribution is -2.20. The van der Waals surface area contributed by atoms with E-state index in [1.807, 2.05) is 6.07 Å². The van der Waals surface area contributed by atoms with E-state index in [0.717, 1.165) is 4.57 Å². The zero-order chi connectivity index (χ0) is 21.7. The third-order valence-electron chi connectivity index (χ3n) is 3.86. The summed E-state index contributed by atoms with van der Waals surface area (Å²) in [4.78, 5) is 24.5. The number of aromatic hydroxyl groups is 1. The van der Waals surface area contributed by atoms with Crippen molar-refractivity contribution < 1.29 is 14.6 Å². The molecule has 1 N–H and O–H groups in total. The van der Waals surface area contributed by atoms with Gasteiger partial charge in [0.1, 0.15) is 23.4 Å². The van der Waals surface area contributed by atoms with Gasteiger partial charge >= 0.3 is 5.97 Å². The fourth-order valence-electron chi connectivity index (χ4n) is 2.41. The van der Waals surface area contributed by atoms with Crippen molar-refractivity contribution in [3.05, 3.63) is 48.1 Å². The van der Waals surface area contributed by atoms with Gasteiger partial charge in [0.15, 0.2) is 12.3 Å². The molecule has 2 aromatic rings. The highest BCUT2D eigenvalue weighted by Crippen LogP contribution is 2.36. The first kappa shape index (κ1) is 22.3. The molecule has 1 aromatic heterocycles. The molecule has 1 heterocycles. The first-order valence-corrected chi connectivity index (χ1v) is 9.66. The molecule has 0 fully saturated rings. The van der Waals surface area contributed by atoms with E-state index < -0.39 is 17.4 Å².